The number of fused-ring (bicyclic) bond motifs is 1. The molecule has 1 aromatic heterocycles. The first kappa shape index (κ1) is 18.0. The quantitative estimate of drug-likeness (QED) is 0.836. The van der Waals surface area contributed by atoms with Crippen molar-refractivity contribution in [2.45, 2.75) is 39.2 Å². The minimum absolute atomic E-state index is 0.0967. The molecule has 0 atom stereocenters. The van der Waals surface area contributed by atoms with Gasteiger partial charge in [-0.2, -0.15) is 0 Å². The van der Waals surface area contributed by atoms with Crippen LogP contribution in [0, 0.1) is 6.92 Å². The molecule has 142 valence electrons. The van der Waals surface area contributed by atoms with Gasteiger partial charge in [-0.25, -0.2) is 0 Å². The Labute approximate surface area is 159 Å². The number of Topliss-reactive ketones (excluding diaryl/α,β-unsaturated/α-hetero) is 1. The molecule has 1 aromatic carbocycles. The van der Waals surface area contributed by atoms with Crippen LogP contribution in [0.25, 0.3) is 0 Å². The van der Waals surface area contributed by atoms with Gasteiger partial charge < -0.3 is 14.2 Å². The molecule has 0 bridgehead atoms. The minimum Gasteiger partial charge on any atom is -0.378 e. The number of amides is 1. The summed E-state index contributed by atoms with van der Waals surface area (Å²) >= 11 is 0. The molecule has 0 saturated carbocycles. The van der Waals surface area contributed by atoms with E-state index in [1.165, 1.54) is 5.56 Å². The third-order valence-electron chi connectivity index (χ3n) is 5.73. The van der Waals surface area contributed by atoms with E-state index in [4.69, 9.17) is 4.74 Å². The Balaban J connectivity index is 1.68. The van der Waals surface area contributed by atoms with Crippen molar-refractivity contribution < 1.29 is 14.3 Å². The van der Waals surface area contributed by atoms with Crippen molar-refractivity contribution >= 4 is 11.7 Å². The summed E-state index contributed by atoms with van der Waals surface area (Å²) in [4.78, 5) is 27.4. The Hall–Kier alpha value is -2.40. The number of benzene rings is 1. The van der Waals surface area contributed by atoms with E-state index in [0.717, 1.165) is 41.9 Å². The van der Waals surface area contributed by atoms with Crippen molar-refractivity contribution in [2.24, 2.45) is 0 Å². The zero-order valence-electron chi connectivity index (χ0n) is 15.9. The maximum Gasteiger partial charge on any atom is 0.227 e. The summed E-state index contributed by atoms with van der Waals surface area (Å²) < 4.78 is 7.60. The number of rotatable bonds is 4. The highest BCUT2D eigenvalue weighted by molar-refractivity contribution is 6.01. The third kappa shape index (κ3) is 3.56. The van der Waals surface area contributed by atoms with Crippen LogP contribution in [0.15, 0.2) is 30.3 Å². The molecular formula is C22H26N2O3. The predicted octanol–water partition coefficient (Wildman–Crippen LogP) is 2.77. The first-order valence-corrected chi connectivity index (χ1v) is 9.78. The van der Waals surface area contributed by atoms with Gasteiger partial charge in [-0.1, -0.05) is 30.3 Å². The summed E-state index contributed by atoms with van der Waals surface area (Å²) in [5.74, 6) is 0.287. The molecule has 5 heteroatoms. The van der Waals surface area contributed by atoms with Crippen LogP contribution in [0.5, 0.6) is 0 Å². The van der Waals surface area contributed by atoms with Gasteiger partial charge in [0.05, 0.1) is 19.6 Å². The van der Waals surface area contributed by atoms with E-state index in [1.807, 2.05) is 23.1 Å². The fourth-order valence-corrected chi connectivity index (χ4v) is 4.26. The summed E-state index contributed by atoms with van der Waals surface area (Å²) in [6.45, 7) is 5.26. The van der Waals surface area contributed by atoms with E-state index in [1.54, 1.807) is 0 Å². The molecule has 0 unspecified atom stereocenters. The summed E-state index contributed by atoms with van der Waals surface area (Å²) in [5.41, 5.74) is 5.12. The standard InChI is InChI=1S/C22H26N2O3/c1-16-18(14-21(26)23-10-12-27-13-11-23)22-19(8-5-9-20(22)25)24(16)15-17-6-3-2-4-7-17/h2-4,6-7H,5,8-15H2,1H3. The SMILES string of the molecule is Cc1c(CC(=O)N2CCOCC2)c2c(n1Cc1ccccc1)CCCC2=O. The molecule has 0 spiro atoms. The van der Waals surface area contributed by atoms with Gasteiger partial charge in [-0.3, -0.25) is 9.59 Å². The molecule has 1 saturated heterocycles. The number of aromatic nitrogens is 1. The average Bonchev–Trinajstić information content (AvgIpc) is 2.96. The van der Waals surface area contributed by atoms with Gasteiger partial charge >= 0.3 is 0 Å². The number of morpholine rings is 1. The number of carbonyl (C=O) groups excluding carboxylic acids is 2. The van der Waals surface area contributed by atoms with Crippen LogP contribution in [-0.4, -0.2) is 47.5 Å². The molecule has 2 aliphatic rings. The maximum atomic E-state index is 12.8. The fraction of sp³-hybridized carbons (Fsp3) is 0.455. The number of hydrogen-bond donors (Lipinski definition) is 0. The van der Waals surface area contributed by atoms with Crippen LogP contribution in [0.4, 0.5) is 0 Å². The Bertz CT molecular complexity index is 848. The van der Waals surface area contributed by atoms with E-state index in [2.05, 4.69) is 23.6 Å². The molecule has 4 rings (SSSR count). The highest BCUT2D eigenvalue weighted by Gasteiger charge is 2.30. The van der Waals surface area contributed by atoms with E-state index >= 15 is 0 Å². The van der Waals surface area contributed by atoms with Gasteiger partial charge in [0.25, 0.3) is 0 Å². The number of ketones is 1. The lowest BCUT2D eigenvalue weighted by atomic mass is 9.92. The molecule has 1 fully saturated rings. The molecule has 0 radical (unpaired) electrons. The van der Waals surface area contributed by atoms with E-state index < -0.39 is 0 Å². The Morgan fingerprint density at radius 3 is 2.59 bits per heavy atom. The third-order valence-corrected chi connectivity index (χ3v) is 5.73. The highest BCUT2D eigenvalue weighted by Crippen LogP contribution is 2.31. The first-order valence-electron chi connectivity index (χ1n) is 9.78. The molecular weight excluding hydrogens is 340 g/mol. The molecule has 1 aliphatic carbocycles. The van der Waals surface area contributed by atoms with Gasteiger partial charge in [-0.05, 0) is 30.9 Å². The van der Waals surface area contributed by atoms with E-state index in [9.17, 15) is 9.59 Å². The van der Waals surface area contributed by atoms with Crippen molar-refractivity contribution in [1.82, 2.24) is 9.47 Å². The van der Waals surface area contributed by atoms with Crippen LogP contribution in [0.3, 0.4) is 0 Å². The zero-order valence-corrected chi connectivity index (χ0v) is 15.9. The van der Waals surface area contributed by atoms with Crippen molar-refractivity contribution in [3.8, 4) is 0 Å². The lowest BCUT2D eigenvalue weighted by Crippen LogP contribution is -2.41. The molecule has 1 aliphatic heterocycles. The second kappa shape index (κ2) is 7.69. The van der Waals surface area contributed by atoms with Crippen LogP contribution >= 0.6 is 0 Å². The highest BCUT2D eigenvalue weighted by atomic mass is 16.5. The van der Waals surface area contributed by atoms with Gasteiger partial charge in [0.2, 0.25) is 5.91 Å². The zero-order chi connectivity index (χ0) is 18.8. The van der Waals surface area contributed by atoms with Gasteiger partial charge in [-0.15, -0.1) is 0 Å². The smallest absolute Gasteiger partial charge is 0.227 e. The van der Waals surface area contributed by atoms with Gasteiger partial charge in [0, 0.05) is 43.0 Å². The Morgan fingerprint density at radius 2 is 1.85 bits per heavy atom. The monoisotopic (exact) mass is 366 g/mol. The molecule has 2 heterocycles. The van der Waals surface area contributed by atoms with Crippen molar-refractivity contribution in [3.63, 3.8) is 0 Å². The molecule has 0 N–H and O–H groups in total. The summed E-state index contributed by atoms with van der Waals surface area (Å²) in [7, 11) is 0. The predicted molar refractivity (Wildman–Crippen MR) is 103 cm³/mol. The topological polar surface area (TPSA) is 51.5 Å². The van der Waals surface area contributed by atoms with Crippen LogP contribution in [-0.2, 0) is 28.9 Å². The lowest BCUT2D eigenvalue weighted by Gasteiger charge is -2.27. The van der Waals surface area contributed by atoms with Crippen LogP contribution in [0.2, 0.25) is 0 Å². The molecule has 27 heavy (non-hydrogen) atoms. The average molecular weight is 366 g/mol. The fourth-order valence-electron chi connectivity index (χ4n) is 4.26. The number of carbonyl (C=O) groups is 2. The Kier molecular flexibility index (Phi) is 5.12. The molecule has 2 aromatic rings. The summed E-state index contributed by atoms with van der Waals surface area (Å²) in [6, 6.07) is 10.3. The molecule has 1 amide bonds. The normalized spacial score (nSPS) is 17.1. The van der Waals surface area contributed by atoms with Crippen molar-refractivity contribution in [2.75, 3.05) is 26.3 Å². The van der Waals surface area contributed by atoms with Crippen LogP contribution < -0.4 is 0 Å². The van der Waals surface area contributed by atoms with Gasteiger partial charge in [0.15, 0.2) is 5.78 Å². The largest absolute Gasteiger partial charge is 0.378 e. The van der Waals surface area contributed by atoms with Crippen molar-refractivity contribution in [1.29, 1.82) is 0 Å². The number of hydrogen-bond acceptors (Lipinski definition) is 3. The first-order chi connectivity index (χ1) is 13.1. The Morgan fingerprint density at radius 1 is 1.11 bits per heavy atom. The van der Waals surface area contributed by atoms with Crippen molar-refractivity contribution in [3.05, 3.63) is 58.4 Å². The second-order valence-electron chi connectivity index (χ2n) is 7.40. The lowest BCUT2D eigenvalue weighted by molar-refractivity contribution is -0.134. The second-order valence-corrected chi connectivity index (χ2v) is 7.40. The van der Waals surface area contributed by atoms with E-state index in [0.29, 0.717) is 39.1 Å². The minimum atomic E-state index is 0.0967. The maximum absolute atomic E-state index is 12.8. The molecule has 5 nitrogen and oxygen atoms in total. The summed E-state index contributed by atoms with van der Waals surface area (Å²) in [6.07, 6.45) is 2.68. The van der Waals surface area contributed by atoms with Gasteiger partial charge in [0.1, 0.15) is 0 Å². The number of ether oxygens (including phenoxy) is 1. The van der Waals surface area contributed by atoms with E-state index in [-0.39, 0.29) is 11.7 Å². The summed E-state index contributed by atoms with van der Waals surface area (Å²) in [5, 5.41) is 0. The number of nitrogens with zero attached hydrogens (tertiary/aromatic N) is 2. The van der Waals surface area contributed by atoms with Crippen LogP contribution in [0.1, 0.15) is 45.7 Å².